The van der Waals surface area contributed by atoms with Crippen molar-refractivity contribution in [3.63, 3.8) is 0 Å². The van der Waals surface area contributed by atoms with Crippen LogP contribution in [0.25, 0.3) is 0 Å². The van der Waals surface area contributed by atoms with Crippen LogP contribution in [0.3, 0.4) is 0 Å². The van der Waals surface area contributed by atoms with Crippen molar-refractivity contribution < 1.29 is 14.3 Å². The van der Waals surface area contributed by atoms with Gasteiger partial charge in [-0.1, -0.05) is 13.8 Å². The van der Waals surface area contributed by atoms with E-state index in [1.54, 1.807) is 0 Å². The van der Waals surface area contributed by atoms with Gasteiger partial charge in [-0.05, 0) is 25.2 Å². The third-order valence-corrected chi connectivity index (χ3v) is 3.65. The molecule has 2 N–H and O–H groups in total. The van der Waals surface area contributed by atoms with Gasteiger partial charge in [-0.3, -0.25) is 0 Å². The lowest BCUT2D eigenvalue weighted by Gasteiger charge is -2.26. The zero-order chi connectivity index (χ0) is 13.2. The second-order valence-electron chi connectivity index (χ2n) is 5.81. The van der Waals surface area contributed by atoms with Crippen LogP contribution in [0.2, 0.25) is 0 Å². The smallest absolute Gasteiger partial charge is 0.315 e. The number of nitrogens with one attached hydrogen (secondary N) is 2. The molecule has 1 saturated carbocycles. The average Bonchev–Trinajstić information content (AvgIpc) is 2.80. The van der Waals surface area contributed by atoms with Crippen molar-refractivity contribution >= 4 is 6.03 Å². The van der Waals surface area contributed by atoms with Crippen LogP contribution in [0.4, 0.5) is 4.79 Å². The largest absolute Gasteiger partial charge is 0.348 e. The molecule has 0 aromatic heterocycles. The zero-order valence-corrected chi connectivity index (χ0v) is 11.5. The number of carbonyl (C=O) groups excluding carboxylic acids is 1. The van der Waals surface area contributed by atoms with Crippen molar-refractivity contribution in [1.29, 1.82) is 0 Å². The van der Waals surface area contributed by atoms with E-state index >= 15 is 0 Å². The summed E-state index contributed by atoms with van der Waals surface area (Å²) >= 11 is 0. The van der Waals surface area contributed by atoms with Gasteiger partial charge in [0.1, 0.15) is 0 Å². The fraction of sp³-hybridized carbons (Fsp3) is 0.923. The second kappa shape index (κ2) is 5.45. The SMILES string of the molecule is C[C@H](CNC(=O)N[C@@H]1C[C@@H]1C)CC1(C)OCCO1. The summed E-state index contributed by atoms with van der Waals surface area (Å²) in [4.78, 5) is 11.6. The summed E-state index contributed by atoms with van der Waals surface area (Å²) in [6.07, 6.45) is 1.90. The summed E-state index contributed by atoms with van der Waals surface area (Å²) in [6, 6.07) is 0.314. The van der Waals surface area contributed by atoms with Crippen molar-refractivity contribution in [2.45, 2.75) is 45.4 Å². The molecule has 1 heterocycles. The maximum atomic E-state index is 11.6. The number of rotatable bonds is 5. The topological polar surface area (TPSA) is 59.6 Å². The maximum absolute atomic E-state index is 11.6. The summed E-state index contributed by atoms with van der Waals surface area (Å²) < 4.78 is 11.1. The van der Waals surface area contributed by atoms with Gasteiger partial charge in [0.2, 0.25) is 0 Å². The first-order valence-corrected chi connectivity index (χ1v) is 6.81. The van der Waals surface area contributed by atoms with E-state index in [0.29, 0.717) is 37.6 Å². The molecule has 104 valence electrons. The van der Waals surface area contributed by atoms with Crippen LogP contribution in [-0.2, 0) is 9.47 Å². The van der Waals surface area contributed by atoms with Crippen LogP contribution in [-0.4, -0.2) is 37.6 Å². The summed E-state index contributed by atoms with van der Waals surface area (Å²) in [5.41, 5.74) is 0. The average molecular weight is 256 g/mol. The molecule has 5 heteroatoms. The molecule has 1 aliphatic heterocycles. The van der Waals surface area contributed by atoms with Gasteiger partial charge in [0, 0.05) is 19.0 Å². The fourth-order valence-electron chi connectivity index (χ4n) is 2.39. The summed E-state index contributed by atoms with van der Waals surface area (Å²) in [5.74, 6) is 0.491. The van der Waals surface area contributed by atoms with E-state index in [2.05, 4.69) is 24.5 Å². The van der Waals surface area contributed by atoms with Gasteiger partial charge in [0.15, 0.2) is 5.79 Å². The molecule has 5 nitrogen and oxygen atoms in total. The van der Waals surface area contributed by atoms with E-state index in [0.717, 1.165) is 12.8 Å². The fourth-order valence-corrected chi connectivity index (χ4v) is 2.39. The lowest BCUT2D eigenvalue weighted by Crippen LogP contribution is -2.40. The van der Waals surface area contributed by atoms with Gasteiger partial charge in [-0.15, -0.1) is 0 Å². The van der Waals surface area contributed by atoms with Crippen molar-refractivity contribution in [1.82, 2.24) is 10.6 Å². The Morgan fingerprint density at radius 2 is 2.06 bits per heavy atom. The van der Waals surface area contributed by atoms with Crippen LogP contribution in [0.15, 0.2) is 0 Å². The Labute approximate surface area is 109 Å². The Morgan fingerprint density at radius 3 is 2.61 bits per heavy atom. The molecule has 1 saturated heterocycles. The monoisotopic (exact) mass is 256 g/mol. The molecule has 0 aromatic rings. The van der Waals surface area contributed by atoms with E-state index in [1.165, 1.54) is 0 Å². The molecule has 3 atom stereocenters. The predicted molar refractivity (Wildman–Crippen MR) is 68.2 cm³/mol. The molecule has 0 radical (unpaired) electrons. The highest BCUT2D eigenvalue weighted by Crippen LogP contribution is 2.29. The first kappa shape index (κ1) is 13.6. The number of ether oxygens (including phenoxy) is 2. The molecular weight excluding hydrogens is 232 g/mol. The quantitative estimate of drug-likeness (QED) is 0.783. The van der Waals surface area contributed by atoms with Crippen molar-refractivity contribution in [2.75, 3.05) is 19.8 Å². The zero-order valence-electron chi connectivity index (χ0n) is 11.5. The molecule has 2 aliphatic rings. The number of hydrogen-bond donors (Lipinski definition) is 2. The van der Waals surface area contributed by atoms with E-state index in [-0.39, 0.29) is 6.03 Å². The minimum absolute atomic E-state index is 0.0605. The molecule has 0 spiro atoms. The highest BCUT2D eigenvalue weighted by atomic mass is 16.7. The molecule has 0 bridgehead atoms. The molecule has 2 fully saturated rings. The van der Waals surface area contributed by atoms with E-state index < -0.39 is 5.79 Å². The molecule has 2 rings (SSSR count). The number of carbonyl (C=O) groups is 1. The predicted octanol–water partition coefficient (Wildman–Crippen LogP) is 1.48. The molecule has 2 amide bonds. The highest BCUT2D eigenvalue weighted by Gasteiger charge is 2.34. The Morgan fingerprint density at radius 1 is 1.44 bits per heavy atom. The first-order valence-electron chi connectivity index (χ1n) is 6.81. The van der Waals surface area contributed by atoms with Gasteiger partial charge in [-0.25, -0.2) is 4.79 Å². The van der Waals surface area contributed by atoms with Crippen LogP contribution in [0.5, 0.6) is 0 Å². The minimum Gasteiger partial charge on any atom is -0.348 e. The Bertz CT molecular complexity index is 303. The van der Waals surface area contributed by atoms with Gasteiger partial charge in [-0.2, -0.15) is 0 Å². The summed E-state index contributed by atoms with van der Waals surface area (Å²) in [6.45, 7) is 8.17. The molecule has 0 unspecified atom stereocenters. The van der Waals surface area contributed by atoms with Crippen LogP contribution >= 0.6 is 0 Å². The number of amides is 2. The van der Waals surface area contributed by atoms with Crippen molar-refractivity contribution in [3.8, 4) is 0 Å². The maximum Gasteiger partial charge on any atom is 0.315 e. The second-order valence-corrected chi connectivity index (χ2v) is 5.81. The van der Waals surface area contributed by atoms with Gasteiger partial charge in [0.05, 0.1) is 13.2 Å². The van der Waals surface area contributed by atoms with Gasteiger partial charge >= 0.3 is 6.03 Å². The third kappa shape index (κ3) is 3.85. The van der Waals surface area contributed by atoms with Crippen molar-refractivity contribution in [2.24, 2.45) is 11.8 Å². The standard InChI is InChI=1S/C13H24N2O3/c1-9(7-13(3)17-4-5-18-13)8-14-12(16)15-11-6-10(11)2/h9-11H,4-8H2,1-3H3,(H2,14,15,16)/t9-,10-,11+/m0/s1. The van der Waals surface area contributed by atoms with E-state index in [1.807, 2.05) is 6.92 Å². The summed E-state index contributed by atoms with van der Waals surface area (Å²) in [5, 5.41) is 5.85. The highest BCUT2D eigenvalue weighted by molar-refractivity contribution is 5.74. The molecule has 1 aliphatic carbocycles. The Hall–Kier alpha value is -0.810. The Balaban J connectivity index is 1.61. The van der Waals surface area contributed by atoms with Crippen LogP contribution in [0.1, 0.15) is 33.6 Å². The Kier molecular flexibility index (Phi) is 4.12. The first-order chi connectivity index (χ1) is 8.48. The van der Waals surface area contributed by atoms with Gasteiger partial charge < -0.3 is 20.1 Å². The van der Waals surface area contributed by atoms with Crippen LogP contribution in [0, 0.1) is 11.8 Å². The lowest BCUT2D eigenvalue weighted by molar-refractivity contribution is -0.153. The number of urea groups is 1. The lowest BCUT2D eigenvalue weighted by atomic mass is 10.0. The van der Waals surface area contributed by atoms with Crippen LogP contribution < -0.4 is 10.6 Å². The molecule has 0 aromatic carbocycles. The van der Waals surface area contributed by atoms with Gasteiger partial charge in [0.25, 0.3) is 0 Å². The summed E-state index contributed by atoms with van der Waals surface area (Å²) in [7, 11) is 0. The minimum atomic E-state index is -0.470. The molecule has 18 heavy (non-hydrogen) atoms. The van der Waals surface area contributed by atoms with E-state index in [4.69, 9.17) is 9.47 Å². The molecular formula is C13H24N2O3. The van der Waals surface area contributed by atoms with E-state index in [9.17, 15) is 4.79 Å². The third-order valence-electron chi connectivity index (χ3n) is 3.65. The normalized spacial score (nSPS) is 30.8. The number of hydrogen-bond acceptors (Lipinski definition) is 3. The van der Waals surface area contributed by atoms with Crippen molar-refractivity contribution in [3.05, 3.63) is 0 Å².